The lowest BCUT2D eigenvalue weighted by molar-refractivity contribution is 0.355. The van der Waals surface area contributed by atoms with Gasteiger partial charge in [-0.05, 0) is 57.0 Å². The van der Waals surface area contributed by atoms with E-state index >= 15 is 0 Å². The van der Waals surface area contributed by atoms with Gasteiger partial charge in [0, 0.05) is 25.2 Å². The van der Waals surface area contributed by atoms with Crippen molar-refractivity contribution in [2.24, 2.45) is 12.0 Å². The van der Waals surface area contributed by atoms with Gasteiger partial charge < -0.3 is 9.47 Å². The molecule has 1 aromatic heterocycles. The highest BCUT2D eigenvalue weighted by Crippen LogP contribution is 2.31. The maximum absolute atomic E-state index is 13.1. The first-order valence-corrected chi connectivity index (χ1v) is 9.96. The molecule has 6 nitrogen and oxygen atoms in total. The fraction of sp³-hybridized carbons (Fsp3) is 0.333. The van der Waals surface area contributed by atoms with Crippen molar-refractivity contribution in [3.63, 3.8) is 0 Å². The summed E-state index contributed by atoms with van der Waals surface area (Å²) in [6.45, 7) is 8.65. The molecule has 0 saturated carbocycles. The third-order valence-electron chi connectivity index (χ3n) is 5.28. The van der Waals surface area contributed by atoms with Crippen molar-refractivity contribution in [2.45, 2.75) is 34.2 Å². The summed E-state index contributed by atoms with van der Waals surface area (Å²) in [6, 6.07) is 11.8. The van der Waals surface area contributed by atoms with Gasteiger partial charge in [0.15, 0.2) is 11.5 Å². The number of aryl methyl sites for hydroxylation is 3. The Hall–Kier alpha value is -3.28. The molecule has 0 fully saturated rings. The Bertz CT molecular complexity index is 1200. The predicted octanol–water partition coefficient (Wildman–Crippen LogP) is 4.05. The van der Waals surface area contributed by atoms with Gasteiger partial charge in [-0.2, -0.15) is 0 Å². The molecule has 30 heavy (non-hydrogen) atoms. The maximum atomic E-state index is 13.1. The quantitative estimate of drug-likeness (QED) is 0.641. The molecule has 0 aliphatic carbocycles. The van der Waals surface area contributed by atoms with Crippen LogP contribution in [-0.2, 0) is 13.6 Å². The number of ether oxygens (including phenoxy) is 2. The Balaban J connectivity index is 2.32. The van der Waals surface area contributed by atoms with Crippen LogP contribution in [0.4, 0.5) is 5.69 Å². The normalized spacial score (nSPS) is 11.6. The van der Waals surface area contributed by atoms with E-state index in [-0.39, 0.29) is 5.69 Å². The molecule has 3 aromatic rings. The summed E-state index contributed by atoms with van der Waals surface area (Å²) in [5.41, 5.74) is 6.38. The van der Waals surface area contributed by atoms with Crippen LogP contribution in [0.5, 0.6) is 11.5 Å². The van der Waals surface area contributed by atoms with Crippen molar-refractivity contribution in [1.82, 2.24) is 9.13 Å². The summed E-state index contributed by atoms with van der Waals surface area (Å²) >= 11 is 0. The molecule has 0 unspecified atom stereocenters. The number of benzene rings is 2. The van der Waals surface area contributed by atoms with Gasteiger partial charge in [-0.3, -0.25) is 9.13 Å². The van der Waals surface area contributed by atoms with Crippen molar-refractivity contribution in [2.75, 3.05) is 14.2 Å². The molecule has 2 aromatic carbocycles. The molecule has 6 heteroatoms. The minimum atomic E-state index is -0.119. The third kappa shape index (κ3) is 3.90. The zero-order chi connectivity index (χ0) is 22.0. The largest absolute Gasteiger partial charge is 0.493 e. The number of hydrogen-bond donors (Lipinski definition) is 0. The van der Waals surface area contributed by atoms with E-state index in [2.05, 4.69) is 19.1 Å². The minimum Gasteiger partial charge on any atom is -0.493 e. The van der Waals surface area contributed by atoms with Gasteiger partial charge in [-0.25, -0.2) is 9.79 Å². The molecule has 0 saturated heterocycles. The van der Waals surface area contributed by atoms with E-state index in [0.717, 1.165) is 28.1 Å². The zero-order valence-corrected chi connectivity index (χ0v) is 18.7. The van der Waals surface area contributed by atoms with Crippen LogP contribution in [-0.4, -0.2) is 23.4 Å². The molecule has 1 heterocycles. The van der Waals surface area contributed by atoms with Crippen LogP contribution >= 0.6 is 0 Å². The lowest BCUT2D eigenvalue weighted by Crippen LogP contribution is -2.38. The van der Waals surface area contributed by atoms with E-state index in [0.29, 0.717) is 23.5 Å². The molecule has 158 valence electrons. The summed E-state index contributed by atoms with van der Waals surface area (Å²) in [6.07, 6.45) is 0. The smallest absolute Gasteiger partial charge is 0.329 e. The fourth-order valence-corrected chi connectivity index (χ4v) is 3.79. The summed E-state index contributed by atoms with van der Waals surface area (Å²) in [5, 5.41) is 0. The summed E-state index contributed by atoms with van der Waals surface area (Å²) in [7, 11) is 4.96. The molecule has 0 N–H and O–H groups in total. The molecular weight excluding hydrogens is 378 g/mol. The second-order valence-electron chi connectivity index (χ2n) is 7.40. The molecule has 0 radical (unpaired) electrons. The monoisotopic (exact) mass is 407 g/mol. The van der Waals surface area contributed by atoms with E-state index in [1.165, 1.54) is 5.56 Å². The first kappa shape index (κ1) is 21.4. The van der Waals surface area contributed by atoms with Crippen molar-refractivity contribution in [3.8, 4) is 22.8 Å². The van der Waals surface area contributed by atoms with E-state index < -0.39 is 0 Å². The van der Waals surface area contributed by atoms with Crippen molar-refractivity contribution in [3.05, 3.63) is 69.1 Å². The lowest BCUT2D eigenvalue weighted by Gasteiger charge is -2.16. The Morgan fingerprint density at radius 3 is 2.13 bits per heavy atom. The maximum Gasteiger partial charge on any atom is 0.329 e. The van der Waals surface area contributed by atoms with E-state index in [4.69, 9.17) is 14.5 Å². The van der Waals surface area contributed by atoms with Crippen molar-refractivity contribution < 1.29 is 9.47 Å². The Labute approximate surface area is 177 Å². The molecule has 0 aliphatic rings. The highest BCUT2D eigenvalue weighted by Gasteiger charge is 2.13. The zero-order valence-electron chi connectivity index (χ0n) is 18.7. The molecule has 0 atom stereocenters. The summed E-state index contributed by atoms with van der Waals surface area (Å²) in [5.74, 6) is 1.26. The van der Waals surface area contributed by atoms with E-state index in [1.807, 2.05) is 45.0 Å². The number of nitrogens with zero attached hydrogens (tertiary/aromatic N) is 3. The average Bonchev–Trinajstić information content (AvgIpc) is 2.72. The Kier molecular flexibility index (Phi) is 6.15. The minimum absolute atomic E-state index is 0.119. The second kappa shape index (κ2) is 8.61. The molecule has 0 aliphatic heterocycles. The topological polar surface area (TPSA) is 57.8 Å². The van der Waals surface area contributed by atoms with Gasteiger partial charge in [0.2, 0.25) is 0 Å². The van der Waals surface area contributed by atoms with E-state index in [9.17, 15) is 4.79 Å². The van der Waals surface area contributed by atoms with Gasteiger partial charge in [0.05, 0.1) is 25.6 Å². The second-order valence-corrected chi connectivity index (χ2v) is 7.40. The van der Waals surface area contributed by atoms with Crippen LogP contribution in [0.25, 0.3) is 11.3 Å². The van der Waals surface area contributed by atoms with Gasteiger partial charge >= 0.3 is 5.69 Å². The van der Waals surface area contributed by atoms with Gasteiger partial charge in [-0.1, -0.05) is 17.7 Å². The van der Waals surface area contributed by atoms with Crippen LogP contribution in [0.15, 0.2) is 46.2 Å². The number of hydrogen-bond acceptors (Lipinski definition) is 4. The van der Waals surface area contributed by atoms with Crippen LogP contribution in [0.2, 0.25) is 0 Å². The molecule has 0 bridgehead atoms. The average molecular weight is 408 g/mol. The molecule has 0 amide bonds. The third-order valence-corrected chi connectivity index (χ3v) is 5.28. The number of aromatic nitrogens is 2. The SMILES string of the molecule is CCn1c(-c2ccc(OC)c(OC)c2)cc(=Nc2c(C)cc(C)cc2C)n(C)c1=O. The molecular formula is C24H29N3O3. The first-order chi connectivity index (χ1) is 14.3. The first-order valence-electron chi connectivity index (χ1n) is 9.96. The summed E-state index contributed by atoms with van der Waals surface area (Å²) in [4.78, 5) is 18.0. The van der Waals surface area contributed by atoms with Gasteiger partial charge in [0.1, 0.15) is 5.49 Å². The van der Waals surface area contributed by atoms with Crippen LogP contribution in [0, 0.1) is 20.8 Å². The van der Waals surface area contributed by atoms with Crippen molar-refractivity contribution >= 4 is 5.69 Å². The van der Waals surface area contributed by atoms with Crippen molar-refractivity contribution in [1.29, 1.82) is 0 Å². The van der Waals surface area contributed by atoms with Crippen LogP contribution in [0.1, 0.15) is 23.6 Å². The molecule has 3 rings (SSSR count). The van der Waals surface area contributed by atoms with Crippen LogP contribution < -0.4 is 20.7 Å². The van der Waals surface area contributed by atoms with Gasteiger partial charge in [0.25, 0.3) is 0 Å². The predicted molar refractivity (Wildman–Crippen MR) is 120 cm³/mol. The van der Waals surface area contributed by atoms with E-state index in [1.54, 1.807) is 30.4 Å². The van der Waals surface area contributed by atoms with Gasteiger partial charge in [-0.15, -0.1) is 0 Å². The van der Waals surface area contributed by atoms with Crippen LogP contribution in [0.3, 0.4) is 0 Å². The number of rotatable bonds is 5. The Morgan fingerprint density at radius 2 is 1.57 bits per heavy atom. The lowest BCUT2D eigenvalue weighted by atomic mass is 10.1. The highest BCUT2D eigenvalue weighted by molar-refractivity contribution is 5.64. The standard InChI is InChI=1S/C24H29N3O3/c1-8-27-19(18-9-10-20(29-6)21(13-18)30-7)14-22(26(5)24(27)28)25-23-16(3)11-15(2)12-17(23)4/h9-14H,8H2,1-7H3. The number of methoxy groups -OCH3 is 2. The fourth-order valence-electron chi connectivity index (χ4n) is 3.79. The Morgan fingerprint density at radius 1 is 0.933 bits per heavy atom. The molecule has 0 spiro atoms. The highest BCUT2D eigenvalue weighted by atomic mass is 16.5. The summed E-state index contributed by atoms with van der Waals surface area (Å²) < 4.78 is 14.1.